The van der Waals surface area contributed by atoms with Crippen molar-refractivity contribution < 1.29 is 4.74 Å². The fourth-order valence-corrected chi connectivity index (χ4v) is 1.47. The topological polar surface area (TPSA) is 27.1 Å². The van der Waals surface area contributed by atoms with Crippen molar-refractivity contribution in [1.82, 2.24) is 9.78 Å². The van der Waals surface area contributed by atoms with Crippen LogP contribution in [-0.4, -0.2) is 9.78 Å². The number of aromatic nitrogens is 2. The van der Waals surface area contributed by atoms with Crippen LogP contribution in [0.2, 0.25) is 0 Å². The van der Waals surface area contributed by atoms with Crippen molar-refractivity contribution >= 4 is 0 Å². The lowest BCUT2D eigenvalue weighted by atomic mass is 10.3. The molecule has 0 saturated carbocycles. The van der Waals surface area contributed by atoms with Gasteiger partial charge in [0.2, 0.25) is 0 Å². The number of benzene rings is 1. The average molecular weight is 202 g/mol. The lowest BCUT2D eigenvalue weighted by Crippen LogP contribution is -2.02. The van der Waals surface area contributed by atoms with Gasteiger partial charge in [-0.05, 0) is 25.1 Å². The smallest absolute Gasteiger partial charge is 0.130 e. The second-order valence-corrected chi connectivity index (χ2v) is 3.50. The maximum absolute atomic E-state index is 5.63. The summed E-state index contributed by atoms with van der Waals surface area (Å²) in [5.41, 5.74) is 2.10. The average Bonchev–Trinajstić information content (AvgIpc) is 2.56. The number of rotatable bonds is 3. The molecule has 0 N–H and O–H groups in total. The molecule has 2 aromatic rings. The summed E-state index contributed by atoms with van der Waals surface area (Å²) in [5.74, 6) is 0.886. The van der Waals surface area contributed by atoms with E-state index in [-0.39, 0.29) is 0 Å². The summed E-state index contributed by atoms with van der Waals surface area (Å²) in [6.07, 6.45) is 0. The first-order chi connectivity index (χ1) is 7.25. The van der Waals surface area contributed by atoms with Gasteiger partial charge in [0.05, 0.1) is 11.4 Å². The Morgan fingerprint density at radius 2 is 2.00 bits per heavy atom. The van der Waals surface area contributed by atoms with Crippen molar-refractivity contribution in [2.45, 2.75) is 13.5 Å². The van der Waals surface area contributed by atoms with Crippen LogP contribution < -0.4 is 4.74 Å². The molecule has 0 radical (unpaired) electrons. The summed E-state index contributed by atoms with van der Waals surface area (Å²) in [6.45, 7) is 2.54. The van der Waals surface area contributed by atoms with Gasteiger partial charge in [-0.2, -0.15) is 5.10 Å². The summed E-state index contributed by atoms with van der Waals surface area (Å²) in [6, 6.07) is 11.8. The fourth-order valence-electron chi connectivity index (χ4n) is 1.47. The minimum Gasteiger partial charge on any atom is -0.487 e. The molecule has 78 valence electrons. The summed E-state index contributed by atoms with van der Waals surface area (Å²) >= 11 is 0. The van der Waals surface area contributed by atoms with Crippen molar-refractivity contribution in [2.75, 3.05) is 0 Å². The standard InChI is InChI=1S/C12H14N2O/c1-10-8-11(14(2)13-10)9-15-12-6-4-3-5-7-12/h3-8H,9H2,1-2H3. The zero-order valence-electron chi connectivity index (χ0n) is 8.97. The molecule has 0 fully saturated rings. The maximum atomic E-state index is 5.63. The minimum atomic E-state index is 0.557. The van der Waals surface area contributed by atoms with Gasteiger partial charge >= 0.3 is 0 Å². The molecule has 0 amide bonds. The highest BCUT2D eigenvalue weighted by Crippen LogP contribution is 2.11. The van der Waals surface area contributed by atoms with Crippen molar-refractivity contribution in [3.63, 3.8) is 0 Å². The lowest BCUT2D eigenvalue weighted by molar-refractivity contribution is 0.295. The van der Waals surface area contributed by atoms with Crippen LogP contribution in [0.1, 0.15) is 11.4 Å². The van der Waals surface area contributed by atoms with Crippen LogP contribution in [0.25, 0.3) is 0 Å². The van der Waals surface area contributed by atoms with E-state index in [1.807, 2.05) is 55.1 Å². The summed E-state index contributed by atoms with van der Waals surface area (Å²) in [5, 5.41) is 4.26. The second kappa shape index (κ2) is 4.17. The van der Waals surface area contributed by atoms with Crippen LogP contribution in [0.15, 0.2) is 36.4 Å². The van der Waals surface area contributed by atoms with Crippen LogP contribution in [0.3, 0.4) is 0 Å². The van der Waals surface area contributed by atoms with Crippen LogP contribution in [0.5, 0.6) is 5.75 Å². The molecule has 3 nitrogen and oxygen atoms in total. The van der Waals surface area contributed by atoms with E-state index in [9.17, 15) is 0 Å². The quantitative estimate of drug-likeness (QED) is 0.763. The van der Waals surface area contributed by atoms with Gasteiger partial charge < -0.3 is 4.74 Å². The van der Waals surface area contributed by atoms with Crippen molar-refractivity contribution in [3.8, 4) is 5.75 Å². The molecule has 0 aliphatic rings. The van der Waals surface area contributed by atoms with Gasteiger partial charge in [0, 0.05) is 7.05 Å². The Kier molecular flexibility index (Phi) is 2.72. The lowest BCUT2D eigenvalue weighted by Gasteiger charge is -2.05. The molecule has 0 aliphatic carbocycles. The van der Waals surface area contributed by atoms with E-state index < -0.39 is 0 Å². The Hall–Kier alpha value is -1.77. The van der Waals surface area contributed by atoms with Crippen LogP contribution in [0, 0.1) is 6.92 Å². The third-order valence-electron chi connectivity index (χ3n) is 2.23. The van der Waals surface area contributed by atoms with E-state index >= 15 is 0 Å². The van der Waals surface area contributed by atoms with E-state index in [1.165, 1.54) is 0 Å². The van der Waals surface area contributed by atoms with Gasteiger partial charge in [-0.3, -0.25) is 4.68 Å². The van der Waals surface area contributed by atoms with Crippen LogP contribution in [-0.2, 0) is 13.7 Å². The van der Waals surface area contributed by atoms with Crippen molar-refractivity contribution in [2.24, 2.45) is 7.05 Å². The van der Waals surface area contributed by atoms with Crippen LogP contribution in [0.4, 0.5) is 0 Å². The molecule has 2 rings (SSSR count). The number of para-hydroxylation sites is 1. The van der Waals surface area contributed by atoms with Crippen molar-refractivity contribution in [1.29, 1.82) is 0 Å². The van der Waals surface area contributed by atoms with E-state index in [4.69, 9.17) is 4.74 Å². The van der Waals surface area contributed by atoms with Gasteiger partial charge in [0.1, 0.15) is 12.4 Å². The van der Waals surface area contributed by atoms with Gasteiger partial charge in [0.15, 0.2) is 0 Å². The minimum absolute atomic E-state index is 0.557. The number of aryl methyl sites for hydroxylation is 2. The van der Waals surface area contributed by atoms with E-state index in [0.29, 0.717) is 6.61 Å². The molecule has 0 aliphatic heterocycles. The van der Waals surface area contributed by atoms with E-state index in [1.54, 1.807) is 0 Å². The Balaban J connectivity index is 2.02. The predicted octanol–water partition coefficient (Wildman–Crippen LogP) is 2.31. The Bertz CT molecular complexity index is 434. The summed E-state index contributed by atoms with van der Waals surface area (Å²) in [7, 11) is 1.93. The summed E-state index contributed by atoms with van der Waals surface area (Å²) < 4.78 is 7.47. The molecule has 0 spiro atoms. The molecular formula is C12H14N2O. The third kappa shape index (κ3) is 2.37. The van der Waals surface area contributed by atoms with Crippen molar-refractivity contribution in [3.05, 3.63) is 47.8 Å². The Labute approximate surface area is 89.3 Å². The van der Waals surface area contributed by atoms with Gasteiger partial charge in [-0.25, -0.2) is 0 Å². The first-order valence-electron chi connectivity index (χ1n) is 4.93. The van der Waals surface area contributed by atoms with E-state index in [0.717, 1.165) is 17.1 Å². The SMILES string of the molecule is Cc1cc(COc2ccccc2)n(C)n1. The fraction of sp³-hybridized carbons (Fsp3) is 0.250. The molecule has 3 heteroatoms. The largest absolute Gasteiger partial charge is 0.487 e. The third-order valence-corrected chi connectivity index (χ3v) is 2.23. The van der Waals surface area contributed by atoms with E-state index in [2.05, 4.69) is 5.10 Å². The Morgan fingerprint density at radius 3 is 2.60 bits per heavy atom. The molecule has 1 aromatic carbocycles. The zero-order chi connectivity index (χ0) is 10.7. The molecule has 1 heterocycles. The number of hydrogen-bond donors (Lipinski definition) is 0. The van der Waals surface area contributed by atoms with Gasteiger partial charge in [-0.1, -0.05) is 18.2 Å². The molecule has 0 saturated heterocycles. The molecule has 0 atom stereocenters. The van der Waals surface area contributed by atoms with Crippen LogP contribution >= 0.6 is 0 Å². The molecule has 15 heavy (non-hydrogen) atoms. The monoisotopic (exact) mass is 202 g/mol. The normalized spacial score (nSPS) is 10.3. The number of ether oxygens (including phenoxy) is 1. The molecular weight excluding hydrogens is 188 g/mol. The predicted molar refractivity (Wildman–Crippen MR) is 58.7 cm³/mol. The Morgan fingerprint density at radius 1 is 1.27 bits per heavy atom. The zero-order valence-corrected chi connectivity index (χ0v) is 8.97. The highest BCUT2D eigenvalue weighted by Gasteiger charge is 2.02. The summed E-state index contributed by atoms with van der Waals surface area (Å²) in [4.78, 5) is 0. The van der Waals surface area contributed by atoms with Gasteiger partial charge in [0.25, 0.3) is 0 Å². The maximum Gasteiger partial charge on any atom is 0.130 e. The second-order valence-electron chi connectivity index (χ2n) is 3.50. The molecule has 0 unspecified atom stereocenters. The number of nitrogens with zero attached hydrogens (tertiary/aromatic N) is 2. The first kappa shape index (κ1) is 9.77. The van der Waals surface area contributed by atoms with Gasteiger partial charge in [-0.15, -0.1) is 0 Å². The first-order valence-corrected chi connectivity index (χ1v) is 4.93. The number of hydrogen-bond acceptors (Lipinski definition) is 2. The molecule has 1 aromatic heterocycles. The highest BCUT2D eigenvalue weighted by molar-refractivity contribution is 5.21. The molecule has 0 bridgehead atoms. The highest BCUT2D eigenvalue weighted by atomic mass is 16.5.